The van der Waals surface area contributed by atoms with Gasteiger partial charge in [0.15, 0.2) is 5.17 Å². The average molecular weight is 375 g/mol. The zero-order chi connectivity index (χ0) is 15.1. The largest absolute Gasteiger partial charge is 0.454 e. The van der Waals surface area contributed by atoms with Gasteiger partial charge in [-0.1, -0.05) is 39.0 Å². The number of ether oxygens (including phenoxy) is 1. The van der Waals surface area contributed by atoms with Gasteiger partial charge in [-0.15, -0.1) is 17.0 Å². The molecule has 1 rings (SSSR count). The molecule has 6 heteroatoms. The van der Waals surface area contributed by atoms with Crippen molar-refractivity contribution < 1.29 is 9.53 Å². The molecule has 0 saturated heterocycles. The number of amidine groups is 1. The highest BCUT2D eigenvalue weighted by Gasteiger charge is 2.09. The second-order valence-corrected chi connectivity index (χ2v) is 5.71. The fourth-order valence-corrected chi connectivity index (χ4v) is 2.07. The van der Waals surface area contributed by atoms with E-state index in [1.54, 1.807) is 13.8 Å². The van der Waals surface area contributed by atoms with Crippen LogP contribution in [0.3, 0.4) is 0 Å². The van der Waals surface area contributed by atoms with Crippen LogP contribution in [0.2, 0.25) is 0 Å². The molecule has 0 atom stereocenters. The Morgan fingerprint density at radius 2 is 2.10 bits per heavy atom. The molecule has 118 valence electrons. The highest BCUT2D eigenvalue weighted by molar-refractivity contribution is 8.93. The summed E-state index contributed by atoms with van der Waals surface area (Å²) in [5.74, 6) is -0.160. The first-order chi connectivity index (χ1) is 9.45. The van der Waals surface area contributed by atoms with Crippen molar-refractivity contribution in [3.8, 4) is 0 Å². The van der Waals surface area contributed by atoms with Crippen molar-refractivity contribution in [3.63, 3.8) is 0 Å². The van der Waals surface area contributed by atoms with Crippen LogP contribution in [0.25, 0.3) is 0 Å². The van der Waals surface area contributed by atoms with Crippen LogP contribution in [0.1, 0.15) is 31.9 Å². The molecule has 0 aliphatic carbocycles. The highest BCUT2D eigenvalue weighted by Crippen LogP contribution is 2.25. The van der Waals surface area contributed by atoms with E-state index >= 15 is 0 Å². The molecule has 0 aliphatic heterocycles. The third-order valence-corrected chi connectivity index (χ3v) is 3.43. The number of para-hydroxylation sites is 1. The number of rotatable bonds is 5. The molecule has 21 heavy (non-hydrogen) atoms. The van der Waals surface area contributed by atoms with Gasteiger partial charge in [0.2, 0.25) is 0 Å². The van der Waals surface area contributed by atoms with Gasteiger partial charge in [0.05, 0.1) is 11.6 Å². The third kappa shape index (κ3) is 6.52. The van der Waals surface area contributed by atoms with Gasteiger partial charge in [0.1, 0.15) is 5.94 Å². The summed E-state index contributed by atoms with van der Waals surface area (Å²) in [5, 5.41) is 0.408. The van der Waals surface area contributed by atoms with E-state index in [4.69, 9.17) is 10.5 Å². The lowest BCUT2D eigenvalue weighted by molar-refractivity contribution is -0.144. The van der Waals surface area contributed by atoms with E-state index < -0.39 is 0 Å². The van der Waals surface area contributed by atoms with E-state index in [1.165, 1.54) is 11.8 Å². The fourth-order valence-electron chi connectivity index (χ4n) is 1.62. The maximum Gasteiger partial charge on any atom is 0.309 e. The number of nitrogens with zero attached hydrogens (tertiary/aromatic N) is 1. The summed E-state index contributed by atoms with van der Waals surface area (Å²) in [6, 6.07) is 6.07. The van der Waals surface area contributed by atoms with E-state index in [0.29, 0.717) is 5.17 Å². The summed E-state index contributed by atoms with van der Waals surface area (Å²) in [6.07, 6.45) is 0.904. The zero-order valence-electron chi connectivity index (χ0n) is 12.9. The van der Waals surface area contributed by atoms with Crippen molar-refractivity contribution in [2.24, 2.45) is 16.6 Å². The smallest absolute Gasteiger partial charge is 0.309 e. The van der Waals surface area contributed by atoms with Crippen molar-refractivity contribution in [2.75, 3.05) is 5.94 Å². The predicted molar refractivity (Wildman–Crippen MR) is 95.5 cm³/mol. The van der Waals surface area contributed by atoms with Crippen LogP contribution in [0.15, 0.2) is 23.2 Å². The molecule has 2 N–H and O–H groups in total. The van der Waals surface area contributed by atoms with Gasteiger partial charge in [-0.05, 0) is 36.2 Å². The first-order valence-corrected chi connectivity index (χ1v) is 7.66. The first kappa shape index (κ1) is 20.0. The van der Waals surface area contributed by atoms with E-state index in [1.807, 2.05) is 25.1 Å². The van der Waals surface area contributed by atoms with E-state index in [-0.39, 0.29) is 34.8 Å². The summed E-state index contributed by atoms with van der Waals surface area (Å²) in [5.41, 5.74) is 9.04. The van der Waals surface area contributed by atoms with Crippen molar-refractivity contribution in [1.82, 2.24) is 0 Å². The number of carbonyl (C=O) groups is 1. The highest BCUT2D eigenvalue weighted by atomic mass is 79.9. The summed E-state index contributed by atoms with van der Waals surface area (Å²) < 4.78 is 5.06. The molecule has 0 amide bonds. The van der Waals surface area contributed by atoms with Gasteiger partial charge in [0, 0.05) is 0 Å². The first-order valence-electron chi connectivity index (χ1n) is 6.67. The maximum atomic E-state index is 11.3. The molecule has 1 aromatic carbocycles. The Morgan fingerprint density at radius 3 is 2.67 bits per heavy atom. The lowest BCUT2D eigenvalue weighted by atomic mass is 10.1. The number of esters is 1. The molecule has 0 bridgehead atoms. The van der Waals surface area contributed by atoms with Crippen LogP contribution in [0.4, 0.5) is 5.69 Å². The number of hydrogen-bond donors (Lipinski definition) is 1. The van der Waals surface area contributed by atoms with Crippen molar-refractivity contribution in [1.29, 1.82) is 0 Å². The Labute approximate surface area is 141 Å². The maximum absolute atomic E-state index is 11.3. The SMILES string of the molecule is Br.CCc1cccc(C)c1/N=C(\N)SCOC(=O)C(C)C. The summed E-state index contributed by atoms with van der Waals surface area (Å²) >= 11 is 1.23. The van der Waals surface area contributed by atoms with Gasteiger partial charge in [-0.3, -0.25) is 4.79 Å². The minimum absolute atomic E-state index is 0. The number of hydrogen-bond acceptors (Lipinski definition) is 4. The van der Waals surface area contributed by atoms with Crippen LogP contribution in [-0.4, -0.2) is 17.1 Å². The number of nitrogens with two attached hydrogens (primary N) is 1. The van der Waals surface area contributed by atoms with Crippen molar-refractivity contribution in [3.05, 3.63) is 29.3 Å². The van der Waals surface area contributed by atoms with Crippen LogP contribution in [-0.2, 0) is 16.0 Å². The van der Waals surface area contributed by atoms with Gasteiger partial charge >= 0.3 is 5.97 Å². The van der Waals surface area contributed by atoms with Crippen LogP contribution < -0.4 is 5.73 Å². The Kier molecular flexibility index (Phi) is 9.37. The van der Waals surface area contributed by atoms with Gasteiger partial charge in [0.25, 0.3) is 0 Å². The van der Waals surface area contributed by atoms with Gasteiger partial charge in [-0.25, -0.2) is 4.99 Å². The lowest BCUT2D eigenvalue weighted by Gasteiger charge is -2.09. The topological polar surface area (TPSA) is 64.7 Å². The number of benzene rings is 1. The molecule has 0 fully saturated rings. The monoisotopic (exact) mass is 374 g/mol. The minimum Gasteiger partial charge on any atom is -0.454 e. The normalized spacial score (nSPS) is 11.2. The van der Waals surface area contributed by atoms with Crippen LogP contribution in [0, 0.1) is 12.8 Å². The quantitative estimate of drug-likeness (QED) is 0.366. The summed E-state index contributed by atoms with van der Waals surface area (Å²) in [4.78, 5) is 15.8. The zero-order valence-corrected chi connectivity index (χ0v) is 15.4. The molecule has 0 aliphatic rings. The number of thioether (sulfide) groups is 1. The summed E-state index contributed by atoms with van der Waals surface area (Å²) in [6.45, 7) is 7.69. The molecule has 0 radical (unpaired) electrons. The van der Waals surface area contributed by atoms with Crippen LogP contribution >= 0.6 is 28.7 Å². The summed E-state index contributed by atoms with van der Waals surface area (Å²) in [7, 11) is 0. The molecular weight excluding hydrogens is 352 g/mol. The fraction of sp³-hybridized carbons (Fsp3) is 0.467. The predicted octanol–water partition coefficient (Wildman–Crippen LogP) is 3.97. The van der Waals surface area contributed by atoms with Crippen LogP contribution in [0.5, 0.6) is 0 Å². The number of halogens is 1. The molecule has 0 spiro atoms. The number of carbonyl (C=O) groups excluding carboxylic acids is 1. The second kappa shape index (κ2) is 9.84. The van der Waals surface area contributed by atoms with Crippen molar-refractivity contribution in [2.45, 2.75) is 34.1 Å². The molecular formula is C15H23BrN2O2S. The molecule has 4 nitrogen and oxygen atoms in total. The standard InChI is InChI=1S/C15H22N2O2S.BrH/c1-5-12-8-6-7-11(4)13(12)17-15(16)20-9-19-14(18)10(2)3;/h6-8,10H,5,9H2,1-4H3,(H2,16,17);1H. The molecule has 0 saturated carbocycles. The number of aryl methyl sites for hydroxylation is 2. The Bertz CT molecular complexity index is 504. The Balaban J connectivity index is 0.00000400. The third-order valence-electron chi connectivity index (χ3n) is 2.80. The van der Waals surface area contributed by atoms with Crippen molar-refractivity contribution >= 4 is 45.6 Å². The molecule has 0 unspecified atom stereocenters. The molecule has 0 aromatic heterocycles. The minimum atomic E-state index is -0.226. The molecule has 1 aromatic rings. The van der Waals surface area contributed by atoms with E-state index in [9.17, 15) is 4.79 Å². The molecule has 0 heterocycles. The van der Waals surface area contributed by atoms with Gasteiger partial charge < -0.3 is 10.5 Å². The Hall–Kier alpha value is -1.01. The second-order valence-electron chi connectivity index (χ2n) is 4.77. The Morgan fingerprint density at radius 1 is 1.43 bits per heavy atom. The van der Waals surface area contributed by atoms with E-state index in [2.05, 4.69) is 11.9 Å². The van der Waals surface area contributed by atoms with E-state index in [0.717, 1.165) is 23.2 Å². The number of aliphatic imine (C=N–C) groups is 1. The van der Waals surface area contributed by atoms with Gasteiger partial charge in [-0.2, -0.15) is 0 Å². The average Bonchev–Trinajstić information content (AvgIpc) is 2.40. The lowest BCUT2D eigenvalue weighted by Crippen LogP contribution is -2.14.